The fourth-order valence-electron chi connectivity index (χ4n) is 2.24. The highest BCUT2D eigenvalue weighted by atomic mass is 16.5. The minimum absolute atomic E-state index is 0.200. The molecule has 0 amide bonds. The first-order chi connectivity index (χ1) is 9.14. The molecule has 1 aliphatic heterocycles. The molecular formula is C15H21NO3. The summed E-state index contributed by atoms with van der Waals surface area (Å²) >= 11 is 0. The summed E-state index contributed by atoms with van der Waals surface area (Å²) in [6, 6.07) is 9.73. The number of benzene rings is 1. The van der Waals surface area contributed by atoms with Gasteiger partial charge in [-0.15, -0.1) is 0 Å². The van der Waals surface area contributed by atoms with Gasteiger partial charge in [0.15, 0.2) is 0 Å². The zero-order chi connectivity index (χ0) is 13.7. The van der Waals surface area contributed by atoms with Gasteiger partial charge in [-0.3, -0.25) is 4.79 Å². The number of ether oxygens (including phenoxy) is 2. The van der Waals surface area contributed by atoms with Crippen LogP contribution in [0.4, 0.5) is 0 Å². The van der Waals surface area contributed by atoms with Crippen molar-refractivity contribution in [3.63, 3.8) is 0 Å². The second kappa shape index (κ2) is 6.17. The molecule has 1 N–H and O–H groups in total. The first kappa shape index (κ1) is 14.0. The average molecular weight is 263 g/mol. The molecule has 19 heavy (non-hydrogen) atoms. The standard InChI is InChI=1S/C15H21NO3/c1-15(10-19-11-15)9-16-8-13(14(17)18-2)12-6-4-3-5-7-12/h3-7,13,16H,8-11H2,1-2H3. The SMILES string of the molecule is COC(=O)C(CNCC1(C)COC1)c1ccccc1. The molecule has 4 nitrogen and oxygen atoms in total. The van der Waals surface area contributed by atoms with Crippen molar-refractivity contribution < 1.29 is 14.3 Å². The smallest absolute Gasteiger partial charge is 0.314 e. The predicted molar refractivity (Wildman–Crippen MR) is 73.0 cm³/mol. The summed E-state index contributed by atoms with van der Waals surface area (Å²) in [5.74, 6) is -0.454. The minimum atomic E-state index is -0.254. The molecule has 1 saturated heterocycles. The van der Waals surface area contributed by atoms with Crippen LogP contribution in [-0.4, -0.2) is 39.4 Å². The Bertz CT molecular complexity index is 415. The van der Waals surface area contributed by atoms with Gasteiger partial charge in [0.1, 0.15) is 0 Å². The van der Waals surface area contributed by atoms with Crippen LogP contribution < -0.4 is 5.32 Å². The first-order valence-electron chi connectivity index (χ1n) is 6.56. The molecule has 1 aliphatic rings. The molecular weight excluding hydrogens is 242 g/mol. The maximum Gasteiger partial charge on any atom is 0.314 e. The van der Waals surface area contributed by atoms with Crippen LogP contribution in [0, 0.1) is 5.41 Å². The summed E-state index contributed by atoms with van der Waals surface area (Å²) in [6.07, 6.45) is 0. The lowest BCUT2D eigenvalue weighted by molar-refractivity contribution is -0.142. The number of rotatable bonds is 6. The van der Waals surface area contributed by atoms with Crippen molar-refractivity contribution in [3.05, 3.63) is 35.9 Å². The quantitative estimate of drug-likeness (QED) is 0.791. The molecule has 1 aromatic rings. The van der Waals surface area contributed by atoms with Crippen molar-refractivity contribution in [3.8, 4) is 0 Å². The summed E-state index contributed by atoms with van der Waals surface area (Å²) in [7, 11) is 1.43. The van der Waals surface area contributed by atoms with Crippen molar-refractivity contribution in [2.45, 2.75) is 12.8 Å². The summed E-state index contributed by atoms with van der Waals surface area (Å²) in [6.45, 7) is 5.20. The van der Waals surface area contributed by atoms with Gasteiger partial charge in [0, 0.05) is 18.5 Å². The van der Waals surface area contributed by atoms with Crippen LogP contribution in [0.5, 0.6) is 0 Å². The molecule has 0 aliphatic carbocycles. The molecule has 0 spiro atoms. The van der Waals surface area contributed by atoms with E-state index in [1.165, 1.54) is 7.11 Å². The molecule has 2 rings (SSSR count). The van der Waals surface area contributed by atoms with Crippen LogP contribution in [-0.2, 0) is 14.3 Å². The summed E-state index contributed by atoms with van der Waals surface area (Å²) in [4.78, 5) is 11.9. The third kappa shape index (κ3) is 3.55. The number of nitrogens with one attached hydrogen (secondary N) is 1. The Morgan fingerprint density at radius 2 is 2.11 bits per heavy atom. The minimum Gasteiger partial charge on any atom is -0.469 e. The average Bonchev–Trinajstić information content (AvgIpc) is 2.42. The summed E-state index contributed by atoms with van der Waals surface area (Å²) in [5.41, 5.74) is 1.19. The Balaban J connectivity index is 1.93. The van der Waals surface area contributed by atoms with Crippen LogP contribution >= 0.6 is 0 Å². The van der Waals surface area contributed by atoms with Gasteiger partial charge in [0.05, 0.1) is 26.2 Å². The Hall–Kier alpha value is -1.39. The van der Waals surface area contributed by atoms with Gasteiger partial charge in [0.25, 0.3) is 0 Å². The lowest BCUT2D eigenvalue weighted by Crippen LogP contribution is -2.48. The van der Waals surface area contributed by atoms with E-state index in [-0.39, 0.29) is 17.3 Å². The van der Waals surface area contributed by atoms with Crippen molar-refractivity contribution in [2.24, 2.45) is 5.41 Å². The molecule has 1 aromatic carbocycles. The Labute approximate surface area is 114 Å². The number of hydrogen-bond acceptors (Lipinski definition) is 4. The molecule has 0 radical (unpaired) electrons. The van der Waals surface area contributed by atoms with Gasteiger partial charge < -0.3 is 14.8 Å². The third-order valence-corrected chi connectivity index (χ3v) is 3.49. The van der Waals surface area contributed by atoms with E-state index in [2.05, 4.69) is 12.2 Å². The van der Waals surface area contributed by atoms with Crippen LogP contribution in [0.1, 0.15) is 18.4 Å². The maximum absolute atomic E-state index is 11.9. The van der Waals surface area contributed by atoms with Crippen LogP contribution in [0.25, 0.3) is 0 Å². The summed E-state index contributed by atoms with van der Waals surface area (Å²) in [5, 5.41) is 3.36. The Morgan fingerprint density at radius 3 is 2.63 bits per heavy atom. The van der Waals surface area contributed by atoms with Gasteiger partial charge in [-0.25, -0.2) is 0 Å². The highest BCUT2D eigenvalue weighted by Crippen LogP contribution is 2.25. The Kier molecular flexibility index (Phi) is 4.56. The molecule has 1 atom stereocenters. The van der Waals surface area contributed by atoms with E-state index in [0.717, 1.165) is 25.3 Å². The van der Waals surface area contributed by atoms with E-state index >= 15 is 0 Å². The molecule has 1 unspecified atom stereocenters. The number of methoxy groups -OCH3 is 1. The van der Waals surface area contributed by atoms with Gasteiger partial charge in [-0.1, -0.05) is 37.3 Å². The van der Waals surface area contributed by atoms with E-state index in [1.807, 2.05) is 30.3 Å². The fraction of sp³-hybridized carbons (Fsp3) is 0.533. The van der Waals surface area contributed by atoms with Gasteiger partial charge in [-0.05, 0) is 5.56 Å². The number of carbonyl (C=O) groups is 1. The number of hydrogen-bond donors (Lipinski definition) is 1. The van der Waals surface area contributed by atoms with Gasteiger partial charge in [-0.2, -0.15) is 0 Å². The van der Waals surface area contributed by atoms with Crippen LogP contribution in [0.3, 0.4) is 0 Å². The fourth-order valence-corrected chi connectivity index (χ4v) is 2.24. The Morgan fingerprint density at radius 1 is 1.42 bits per heavy atom. The van der Waals surface area contributed by atoms with Gasteiger partial charge >= 0.3 is 5.97 Å². The molecule has 1 heterocycles. The van der Waals surface area contributed by atoms with E-state index in [0.29, 0.717) is 6.54 Å². The highest BCUT2D eigenvalue weighted by Gasteiger charge is 2.33. The third-order valence-electron chi connectivity index (χ3n) is 3.49. The maximum atomic E-state index is 11.9. The number of esters is 1. The van der Waals surface area contributed by atoms with Gasteiger partial charge in [0.2, 0.25) is 0 Å². The number of carbonyl (C=O) groups excluding carboxylic acids is 1. The lowest BCUT2D eigenvalue weighted by atomic mass is 9.88. The van der Waals surface area contributed by atoms with E-state index in [9.17, 15) is 4.79 Å². The van der Waals surface area contributed by atoms with E-state index in [1.54, 1.807) is 0 Å². The van der Waals surface area contributed by atoms with E-state index < -0.39 is 0 Å². The molecule has 4 heteroatoms. The molecule has 0 bridgehead atoms. The normalized spacial score (nSPS) is 18.4. The summed E-state index contributed by atoms with van der Waals surface area (Å²) < 4.78 is 10.1. The van der Waals surface area contributed by atoms with Crippen molar-refractivity contribution in [1.29, 1.82) is 0 Å². The molecule has 0 saturated carbocycles. The lowest BCUT2D eigenvalue weighted by Gasteiger charge is -2.38. The second-order valence-electron chi connectivity index (χ2n) is 5.42. The molecule has 1 fully saturated rings. The van der Waals surface area contributed by atoms with Crippen LogP contribution in [0.2, 0.25) is 0 Å². The largest absolute Gasteiger partial charge is 0.469 e. The second-order valence-corrected chi connectivity index (χ2v) is 5.42. The van der Waals surface area contributed by atoms with Crippen molar-refractivity contribution in [2.75, 3.05) is 33.4 Å². The molecule has 104 valence electrons. The van der Waals surface area contributed by atoms with Crippen LogP contribution in [0.15, 0.2) is 30.3 Å². The zero-order valence-corrected chi connectivity index (χ0v) is 11.5. The predicted octanol–water partition coefficient (Wildman–Crippen LogP) is 1.57. The molecule has 0 aromatic heterocycles. The topological polar surface area (TPSA) is 47.6 Å². The van der Waals surface area contributed by atoms with Crippen molar-refractivity contribution in [1.82, 2.24) is 5.32 Å². The van der Waals surface area contributed by atoms with Crippen molar-refractivity contribution >= 4 is 5.97 Å². The highest BCUT2D eigenvalue weighted by molar-refractivity contribution is 5.78. The monoisotopic (exact) mass is 263 g/mol. The van der Waals surface area contributed by atoms with E-state index in [4.69, 9.17) is 9.47 Å². The zero-order valence-electron chi connectivity index (χ0n) is 11.5. The first-order valence-corrected chi connectivity index (χ1v) is 6.56.